The van der Waals surface area contributed by atoms with Crippen molar-refractivity contribution in [2.45, 2.75) is 6.42 Å². The van der Waals surface area contributed by atoms with E-state index in [-0.39, 0.29) is 5.89 Å². The summed E-state index contributed by atoms with van der Waals surface area (Å²) < 4.78 is 9.59. The van der Waals surface area contributed by atoms with Gasteiger partial charge in [-0.15, -0.1) is 0 Å². The predicted octanol–water partition coefficient (Wildman–Crippen LogP) is 0.876. The largest absolute Gasteiger partial charge is 0.481 e. The molecule has 0 atom stereocenters. The molecule has 0 aliphatic heterocycles. The summed E-state index contributed by atoms with van der Waals surface area (Å²) >= 11 is 0. The summed E-state index contributed by atoms with van der Waals surface area (Å²) in [5.41, 5.74) is 0.916. The van der Waals surface area contributed by atoms with Gasteiger partial charge in [-0.2, -0.15) is 4.98 Å². The van der Waals surface area contributed by atoms with Crippen molar-refractivity contribution < 1.29 is 14.1 Å². The standard InChI is InChI=1S/C10H9N3O3/c1-15-9-3-2-7(5-11-9)4-8-12-10(6-14)16-13-8/h2-3,5-6H,4H2,1H3. The number of pyridine rings is 1. The highest BCUT2D eigenvalue weighted by molar-refractivity contribution is 5.66. The van der Waals surface area contributed by atoms with Gasteiger partial charge in [-0.1, -0.05) is 11.2 Å². The van der Waals surface area contributed by atoms with Crippen molar-refractivity contribution in [3.63, 3.8) is 0 Å². The highest BCUT2D eigenvalue weighted by Crippen LogP contribution is 2.09. The highest BCUT2D eigenvalue weighted by atomic mass is 16.5. The molecule has 6 nitrogen and oxygen atoms in total. The molecule has 0 radical (unpaired) electrons. The van der Waals surface area contributed by atoms with Gasteiger partial charge in [0.1, 0.15) is 0 Å². The molecule has 0 saturated heterocycles. The zero-order chi connectivity index (χ0) is 11.4. The molecule has 0 fully saturated rings. The topological polar surface area (TPSA) is 78.1 Å². The van der Waals surface area contributed by atoms with Crippen molar-refractivity contribution in [3.05, 3.63) is 35.6 Å². The average Bonchev–Trinajstić information content (AvgIpc) is 2.78. The molecule has 0 bridgehead atoms. The molecule has 0 aromatic carbocycles. The fraction of sp³-hybridized carbons (Fsp3) is 0.200. The number of hydrogen-bond donors (Lipinski definition) is 0. The van der Waals surface area contributed by atoms with Gasteiger partial charge in [0.2, 0.25) is 12.2 Å². The highest BCUT2D eigenvalue weighted by Gasteiger charge is 2.06. The molecule has 16 heavy (non-hydrogen) atoms. The number of aromatic nitrogens is 3. The Kier molecular flexibility index (Phi) is 2.90. The number of methoxy groups -OCH3 is 1. The van der Waals surface area contributed by atoms with Crippen molar-refractivity contribution in [3.8, 4) is 5.88 Å². The van der Waals surface area contributed by atoms with Crippen molar-refractivity contribution in [1.82, 2.24) is 15.1 Å². The van der Waals surface area contributed by atoms with Crippen molar-refractivity contribution in [1.29, 1.82) is 0 Å². The lowest BCUT2D eigenvalue weighted by molar-refractivity contribution is 0.108. The van der Waals surface area contributed by atoms with E-state index in [0.29, 0.717) is 24.4 Å². The Hall–Kier alpha value is -2.24. The maximum atomic E-state index is 10.3. The Balaban J connectivity index is 2.10. The van der Waals surface area contributed by atoms with Crippen LogP contribution in [0, 0.1) is 0 Å². The van der Waals surface area contributed by atoms with Crippen molar-refractivity contribution in [2.75, 3.05) is 7.11 Å². The second kappa shape index (κ2) is 4.52. The third-order valence-corrected chi connectivity index (χ3v) is 1.95. The monoisotopic (exact) mass is 219 g/mol. The molecule has 0 unspecified atom stereocenters. The fourth-order valence-corrected chi connectivity index (χ4v) is 1.21. The van der Waals surface area contributed by atoms with Crippen LogP contribution in [0.25, 0.3) is 0 Å². The average molecular weight is 219 g/mol. The molecule has 0 saturated carbocycles. The normalized spacial score (nSPS) is 10.1. The second-order valence-corrected chi connectivity index (χ2v) is 3.05. The summed E-state index contributed by atoms with van der Waals surface area (Å²) in [5, 5.41) is 3.65. The van der Waals surface area contributed by atoms with E-state index in [2.05, 4.69) is 19.6 Å². The van der Waals surface area contributed by atoms with Gasteiger partial charge in [0.05, 0.1) is 7.11 Å². The lowest BCUT2D eigenvalue weighted by atomic mass is 10.2. The Bertz CT molecular complexity index is 478. The third kappa shape index (κ3) is 2.22. The fourth-order valence-electron chi connectivity index (χ4n) is 1.21. The molecule has 0 aliphatic carbocycles. The molecule has 6 heteroatoms. The first-order valence-corrected chi connectivity index (χ1v) is 4.58. The van der Waals surface area contributed by atoms with Crippen molar-refractivity contribution in [2.24, 2.45) is 0 Å². The Morgan fingerprint density at radius 2 is 2.38 bits per heavy atom. The van der Waals surface area contributed by atoms with E-state index in [9.17, 15) is 4.79 Å². The molecule has 0 spiro atoms. The van der Waals surface area contributed by atoms with Gasteiger partial charge in [-0.05, 0) is 5.56 Å². The Morgan fingerprint density at radius 1 is 1.50 bits per heavy atom. The second-order valence-electron chi connectivity index (χ2n) is 3.05. The summed E-state index contributed by atoms with van der Waals surface area (Å²) in [6.07, 6.45) is 2.65. The quantitative estimate of drug-likeness (QED) is 0.710. The van der Waals surface area contributed by atoms with Gasteiger partial charge in [-0.3, -0.25) is 4.79 Å². The number of rotatable bonds is 4. The molecule has 82 valence electrons. The number of carbonyl (C=O) groups excluding carboxylic acids is 1. The van der Waals surface area contributed by atoms with Gasteiger partial charge in [0.25, 0.3) is 5.89 Å². The molecule has 2 rings (SSSR count). The Labute approximate surface area is 91.3 Å². The smallest absolute Gasteiger partial charge is 0.290 e. The zero-order valence-corrected chi connectivity index (χ0v) is 8.58. The molecular weight excluding hydrogens is 210 g/mol. The molecule has 2 heterocycles. The van der Waals surface area contributed by atoms with E-state index in [1.807, 2.05) is 6.07 Å². The molecule has 0 N–H and O–H groups in total. The number of ether oxygens (including phenoxy) is 1. The number of carbonyl (C=O) groups is 1. The van der Waals surface area contributed by atoms with Gasteiger partial charge in [0, 0.05) is 18.7 Å². The zero-order valence-electron chi connectivity index (χ0n) is 8.58. The first-order valence-electron chi connectivity index (χ1n) is 4.58. The maximum absolute atomic E-state index is 10.3. The van der Waals surface area contributed by atoms with E-state index >= 15 is 0 Å². The maximum Gasteiger partial charge on any atom is 0.290 e. The summed E-state index contributed by atoms with van der Waals surface area (Å²) in [5.74, 6) is 0.982. The Morgan fingerprint density at radius 3 is 2.94 bits per heavy atom. The van der Waals surface area contributed by atoms with Crippen LogP contribution in [0.5, 0.6) is 5.88 Å². The number of nitrogens with zero attached hydrogens (tertiary/aromatic N) is 3. The van der Waals surface area contributed by atoms with Crippen LogP contribution in [0.4, 0.5) is 0 Å². The van der Waals surface area contributed by atoms with Gasteiger partial charge < -0.3 is 9.26 Å². The van der Waals surface area contributed by atoms with Crippen LogP contribution < -0.4 is 4.74 Å². The van der Waals surface area contributed by atoms with E-state index in [4.69, 9.17) is 4.74 Å². The lowest BCUT2D eigenvalue weighted by Crippen LogP contribution is -1.93. The third-order valence-electron chi connectivity index (χ3n) is 1.95. The van der Waals surface area contributed by atoms with Gasteiger partial charge in [-0.25, -0.2) is 4.98 Å². The van der Waals surface area contributed by atoms with Crippen LogP contribution in [0.1, 0.15) is 22.1 Å². The van der Waals surface area contributed by atoms with E-state index < -0.39 is 0 Å². The van der Waals surface area contributed by atoms with Crippen LogP contribution in [0.3, 0.4) is 0 Å². The van der Waals surface area contributed by atoms with E-state index in [1.54, 1.807) is 19.4 Å². The first-order chi connectivity index (χ1) is 7.81. The first kappa shape index (κ1) is 10.3. The van der Waals surface area contributed by atoms with Crippen LogP contribution in [0.15, 0.2) is 22.9 Å². The van der Waals surface area contributed by atoms with Crippen molar-refractivity contribution >= 4 is 6.29 Å². The van der Waals surface area contributed by atoms with Crippen LogP contribution in [-0.2, 0) is 6.42 Å². The predicted molar refractivity (Wildman–Crippen MR) is 53.3 cm³/mol. The van der Waals surface area contributed by atoms with Gasteiger partial charge in [0.15, 0.2) is 5.82 Å². The number of hydrogen-bond acceptors (Lipinski definition) is 6. The lowest BCUT2D eigenvalue weighted by Gasteiger charge is -1.99. The number of aldehydes is 1. The summed E-state index contributed by atoms with van der Waals surface area (Å²) in [6, 6.07) is 3.60. The van der Waals surface area contributed by atoms with Crippen LogP contribution in [-0.4, -0.2) is 28.5 Å². The molecule has 2 aromatic heterocycles. The minimum Gasteiger partial charge on any atom is -0.481 e. The summed E-state index contributed by atoms with van der Waals surface area (Å²) in [7, 11) is 1.55. The van der Waals surface area contributed by atoms with Crippen LogP contribution >= 0.6 is 0 Å². The minimum absolute atomic E-state index is 0.0172. The van der Waals surface area contributed by atoms with E-state index in [1.165, 1.54) is 0 Å². The molecule has 2 aromatic rings. The minimum atomic E-state index is -0.0172. The molecule has 0 aliphatic rings. The molecular formula is C10H9N3O3. The summed E-state index contributed by atoms with van der Waals surface area (Å²) in [6.45, 7) is 0. The van der Waals surface area contributed by atoms with E-state index in [0.717, 1.165) is 5.56 Å². The SMILES string of the molecule is COc1ccc(Cc2noc(C=O)n2)cn1. The summed E-state index contributed by atoms with van der Waals surface area (Å²) in [4.78, 5) is 18.2. The van der Waals surface area contributed by atoms with Crippen LogP contribution in [0.2, 0.25) is 0 Å². The van der Waals surface area contributed by atoms with Gasteiger partial charge >= 0.3 is 0 Å². The molecule has 0 amide bonds.